The first kappa shape index (κ1) is 13.5. The normalized spacial score (nSPS) is 11.9. The molecular weight excluding hydrogens is 296 g/mol. The van der Waals surface area contributed by atoms with Gasteiger partial charge < -0.3 is 4.42 Å². The van der Waals surface area contributed by atoms with Crippen LogP contribution in [0.25, 0.3) is 0 Å². The van der Waals surface area contributed by atoms with Gasteiger partial charge in [-0.05, 0) is 26.0 Å². The Morgan fingerprint density at radius 3 is 2.67 bits per heavy atom. The summed E-state index contributed by atoms with van der Waals surface area (Å²) in [5, 5.41) is 0. The second kappa shape index (κ2) is 5.00. The molecule has 0 bridgehead atoms. The Morgan fingerprint density at radius 2 is 2.17 bits per heavy atom. The fraction of sp³-hybridized carbons (Fsp3) is 0.300. The van der Waals surface area contributed by atoms with Crippen LogP contribution in [0, 0.1) is 13.8 Å². The zero-order valence-corrected chi connectivity index (χ0v) is 12.1. The highest BCUT2D eigenvalue weighted by molar-refractivity contribution is 7.91. The van der Waals surface area contributed by atoms with E-state index in [0.29, 0.717) is 11.5 Å². The van der Waals surface area contributed by atoms with Gasteiger partial charge in [-0.3, -0.25) is 0 Å². The van der Waals surface area contributed by atoms with Crippen molar-refractivity contribution in [2.45, 2.75) is 24.6 Å². The molecule has 0 saturated carbocycles. The van der Waals surface area contributed by atoms with E-state index in [4.69, 9.17) is 16.0 Å². The predicted octanol–water partition coefficient (Wildman–Crippen LogP) is 2.48. The standard InChI is InChI=1S/C10H11ClN2O3S2/c1-6-3-4-8(16-6)5-12-18(14,15)9-7(2)13-10(11)17-9/h3-4,12H,5H2,1-2H3. The average molecular weight is 307 g/mol. The highest BCUT2D eigenvalue weighted by Gasteiger charge is 2.21. The summed E-state index contributed by atoms with van der Waals surface area (Å²) in [6, 6.07) is 3.50. The predicted molar refractivity (Wildman–Crippen MR) is 69.3 cm³/mol. The Morgan fingerprint density at radius 1 is 1.44 bits per heavy atom. The third-order valence-electron chi connectivity index (χ3n) is 2.20. The maximum atomic E-state index is 12.0. The summed E-state index contributed by atoms with van der Waals surface area (Å²) >= 11 is 6.62. The molecule has 0 saturated heterocycles. The number of thiazole rings is 1. The smallest absolute Gasteiger partial charge is 0.252 e. The number of hydrogen-bond donors (Lipinski definition) is 1. The SMILES string of the molecule is Cc1ccc(CNS(=O)(=O)c2sc(Cl)nc2C)o1. The van der Waals surface area contributed by atoms with Crippen molar-refractivity contribution in [2.75, 3.05) is 0 Å². The van der Waals surface area contributed by atoms with E-state index in [2.05, 4.69) is 9.71 Å². The van der Waals surface area contributed by atoms with E-state index < -0.39 is 10.0 Å². The number of hydrogen-bond acceptors (Lipinski definition) is 5. The van der Waals surface area contributed by atoms with Crippen LogP contribution in [0.1, 0.15) is 17.2 Å². The molecule has 8 heteroatoms. The molecule has 2 heterocycles. The first-order valence-electron chi connectivity index (χ1n) is 5.06. The van der Waals surface area contributed by atoms with Gasteiger partial charge in [-0.15, -0.1) is 0 Å². The largest absolute Gasteiger partial charge is 0.465 e. The van der Waals surface area contributed by atoms with Gasteiger partial charge in [0, 0.05) is 0 Å². The molecule has 5 nitrogen and oxygen atoms in total. The van der Waals surface area contributed by atoms with E-state index in [1.54, 1.807) is 26.0 Å². The minimum atomic E-state index is -3.60. The Kier molecular flexibility index (Phi) is 3.76. The molecule has 0 radical (unpaired) electrons. The molecule has 0 fully saturated rings. The number of aryl methyl sites for hydroxylation is 2. The van der Waals surface area contributed by atoms with Crippen LogP contribution in [0.4, 0.5) is 0 Å². The first-order chi connectivity index (χ1) is 8.38. The molecule has 18 heavy (non-hydrogen) atoms. The van der Waals surface area contributed by atoms with E-state index in [-0.39, 0.29) is 15.2 Å². The van der Waals surface area contributed by atoms with Crippen LogP contribution in [0.2, 0.25) is 4.47 Å². The van der Waals surface area contributed by atoms with E-state index in [0.717, 1.165) is 17.1 Å². The van der Waals surface area contributed by atoms with Crippen molar-refractivity contribution in [3.63, 3.8) is 0 Å². The summed E-state index contributed by atoms with van der Waals surface area (Å²) < 4.78 is 32.1. The average Bonchev–Trinajstić information content (AvgIpc) is 2.82. The van der Waals surface area contributed by atoms with Crippen LogP contribution >= 0.6 is 22.9 Å². The van der Waals surface area contributed by atoms with Crippen molar-refractivity contribution >= 4 is 33.0 Å². The number of furan rings is 1. The maximum Gasteiger partial charge on any atom is 0.252 e. The number of sulfonamides is 1. The summed E-state index contributed by atoms with van der Waals surface area (Å²) in [5.74, 6) is 1.30. The Labute approximate surface area is 114 Å². The van der Waals surface area contributed by atoms with Gasteiger partial charge >= 0.3 is 0 Å². The van der Waals surface area contributed by atoms with Gasteiger partial charge in [0.05, 0.1) is 12.2 Å². The Hall–Kier alpha value is -0.890. The lowest BCUT2D eigenvalue weighted by molar-refractivity contribution is 0.475. The molecular formula is C10H11ClN2O3S2. The van der Waals surface area contributed by atoms with Gasteiger partial charge in [-0.25, -0.2) is 18.1 Å². The first-order valence-corrected chi connectivity index (χ1v) is 7.74. The third-order valence-corrected chi connectivity index (χ3v) is 5.48. The van der Waals surface area contributed by atoms with E-state index in [1.165, 1.54) is 0 Å². The molecule has 0 unspecified atom stereocenters. The molecule has 2 aromatic rings. The van der Waals surface area contributed by atoms with Crippen LogP contribution in [-0.2, 0) is 16.6 Å². The van der Waals surface area contributed by atoms with E-state index in [1.807, 2.05) is 0 Å². The van der Waals surface area contributed by atoms with Crippen molar-refractivity contribution in [1.29, 1.82) is 0 Å². The lowest BCUT2D eigenvalue weighted by Gasteiger charge is -2.03. The van der Waals surface area contributed by atoms with Gasteiger partial charge in [0.2, 0.25) is 0 Å². The molecule has 0 atom stereocenters. The van der Waals surface area contributed by atoms with Crippen molar-refractivity contribution in [1.82, 2.24) is 9.71 Å². The van der Waals surface area contributed by atoms with Crippen LogP contribution in [0.15, 0.2) is 20.8 Å². The van der Waals surface area contributed by atoms with Crippen molar-refractivity contribution in [3.05, 3.63) is 33.8 Å². The van der Waals surface area contributed by atoms with E-state index in [9.17, 15) is 8.42 Å². The second-order valence-electron chi connectivity index (χ2n) is 3.68. The summed E-state index contributed by atoms with van der Waals surface area (Å²) in [4.78, 5) is 3.88. The topological polar surface area (TPSA) is 72.2 Å². The van der Waals surface area contributed by atoms with Crippen LogP contribution in [0.3, 0.4) is 0 Å². The molecule has 0 aromatic carbocycles. The van der Waals surface area contributed by atoms with Crippen molar-refractivity contribution < 1.29 is 12.8 Å². The van der Waals surface area contributed by atoms with Gasteiger partial charge in [-0.2, -0.15) is 0 Å². The van der Waals surface area contributed by atoms with Gasteiger partial charge in [0.15, 0.2) is 8.68 Å². The fourth-order valence-corrected chi connectivity index (χ4v) is 4.19. The second-order valence-corrected chi connectivity index (χ2v) is 7.22. The van der Waals surface area contributed by atoms with Gasteiger partial charge in [-0.1, -0.05) is 22.9 Å². The molecule has 0 aliphatic carbocycles. The van der Waals surface area contributed by atoms with Gasteiger partial charge in [0.25, 0.3) is 10.0 Å². The fourth-order valence-electron chi connectivity index (χ4n) is 1.41. The molecule has 0 aliphatic heterocycles. The number of aromatic nitrogens is 1. The molecule has 0 amide bonds. The Bertz CT molecular complexity index is 660. The summed E-state index contributed by atoms with van der Waals surface area (Å²) in [6.45, 7) is 3.50. The zero-order valence-electron chi connectivity index (χ0n) is 9.73. The molecule has 0 aliphatic rings. The molecule has 98 valence electrons. The zero-order chi connectivity index (χ0) is 13.3. The van der Waals surface area contributed by atoms with Crippen LogP contribution in [0.5, 0.6) is 0 Å². The lowest BCUT2D eigenvalue weighted by Crippen LogP contribution is -2.22. The van der Waals surface area contributed by atoms with Crippen molar-refractivity contribution in [2.24, 2.45) is 0 Å². The molecule has 1 N–H and O–H groups in total. The van der Waals surface area contributed by atoms with E-state index >= 15 is 0 Å². The van der Waals surface area contributed by atoms with Crippen LogP contribution in [-0.4, -0.2) is 13.4 Å². The lowest BCUT2D eigenvalue weighted by atomic mass is 10.4. The quantitative estimate of drug-likeness (QED) is 0.942. The van der Waals surface area contributed by atoms with Gasteiger partial charge in [0.1, 0.15) is 11.5 Å². The number of nitrogens with zero attached hydrogens (tertiary/aromatic N) is 1. The number of halogens is 1. The minimum absolute atomic E-state index is 0.102. The minimum Gasteiger partial charge on any atom is -0.465 e. The highest BCUT2D eigenvalue weighted by Crippen LogP contribution is 2.26. The molecule has 0 spiro atoms. The molecule has 2 aromatic heterocycles. The number of rotatable bonds is 4. The molecule has 2 rings (SSSR count). The van der Waals surface area contributed by atoms with Crippen LogP contribution < -0.4 is 4.72 Å². The summed E-state index contributed by atoms with van der Waals surface area (Å²) in [5.41, 5.74) is 0.396. The summed E-state index contributed by atoms with van der Waals surface area (Å²) in [6.07, 6.45) is 0. The maximum absolute atomic E-state index is 12.0. The summed E-state index contributed by atoms with van der Waals surface area (Å²) in [7, 11) is -3.60. The highest BCUT2D eigenvalue weighted by atomic mass is 35.5. The number of nitrogens with one attached hydrogen (secondary N) is 1. The third kappa shape index (κ3) is 2.92. The van der Waals surface area contributed by atoms with Crippen molar-refractivity contribution in [3.8, 4) is 0 Å². The monoisotopic (exact) mass is 306 g/mol. The Balaban J connectivity index is 2.15.